The molecule has 2 aromatic heterocycles. The zero-order chi connectivity index (χ0) is 18.3. The molecule has 4 aromatic rings. The molecule has 2 aromatic carbocycles. The van der Waals surface area contributed by atoms with Crippen LogP contribution in [0.1, 0.15) is 10.4 Å². The van der Waals surface area contributed by atoms with Gasteiger partial charge in [-0.25, -0.2) is 9.59 Å². The van der Waals surface area contributed by atoms with Crippen LogP contribution in [0, 0.1) is 0 Å². The largest absolute Gasteiger partial charge is 0.477 e. The zero-order valence-electron chi connectivity index (χ0n) is 13.3. The second-order valence-electron chi connectivity index (χ2n) is 5.67. The maximum atomic E-state index is 12.7. The number of para-hydroxylation sites is 1. The highest BCUT2D eigenvalue weighted by molar-refractivity contribution is 6.01. The Labute approximate surface area is 145 Å². The van der Waals surface area contributed by atoms with Crippen LogP contribution in [0.4, 0.5) is 10.5 Å². The number of nitrogens with one attached hydrogen (secondary N) is 2. The number of hydrogen-bond donors (Lipinski definition) is 3. The molecular weight excluding hydrogens is 336 g/mol. The summed E-state index contributed by atoms with van der Waals surface area (Å²) in [5, 5.41) is 19.7. The normalized spacial score (nSPS) is 10.9. The average Bonchev–Trinajstić information content (AvgIpc) is 3.09. The molecule has 0 unspecified atom stereocenters. The number of carbonyl (C=O) groups excluding carboxylic acids is 1. The number of aromatic amines is 1. The lowest BCUT2D eigenvalue weighted by atomic mass is 10.1. The molecule has 26 heavy (non-hydrogen) atoms. The van der Waals surface area contributed by atoms with Gasteiger partial charge in [0, 0.05) is 22.7 Å². The molecule has 0 bridgehead atoms. The molecule has 8 heteroatoms. The van der Waals surface area contributed by atoms with Gasteiger partial charge in [-0.2, -0.15) is 5.10 Å². The van der Waals surface area contributed by atoms with Crippen LogP contribution < -0.4 is 10.7 Å². The molecule has 128 valence electrons. The van der Waals surface area contributed by atoms with Crippen molar-refractivity contribution in [3.8, 4) is 0 Å². The Hall–Kier alpha value is -3.94. The molecular formula is C18H12N4O4. The van der Waals surface area contributed by atoms with E-state index in [9.17, 15) is 19.5 Å². The number of rotatable bonds is 2. The van der Waals surface area contributed by atoms with Gasteiger partial charge >= 0.3 is 12.0 Å². The van der Waals surface area contributed by atoms with Gasteiger partial charge in [-0.3, -0.25) is 14.5 Å². The van der Waals surface area contributed by atoms with E-state index in [4.69, 9.17) is 0 Å². The van der Waals surface area contributed by atoms with E-state index in [1.54, 1.807) is 42.6 Å². The molecule has 0 aliphatic rings. The topological polar surface area (TPSA) is 117 Å². The number of amides is 1. The van der Waals surface area contributed by atoms with Crippen molar-refractivity contribution in [3.05, 3.63) is 70.6 Å². The lowest BCUT2D eigenvalue weighted by molar-refractivity contribution is 0.0695. The molecule has 3 N–H and O–H groups in total. The van der Waals surface area contributed by atoms with Crippen LogP contribution in [0.2, 0.25) is 0 Å². The molecule has 1 amide bonds. The van der Waals surface area contributed by atoms with Gasteiger partial charge in [0.2, 0.25) is 5.43 Å². The quantitative estimate of drug-likeness (QED) is 0.515. The van der Waals surface area contributed by atoms with E-state index in [-0.39, 0.29) is 5.39 Å². The summed E-state index contributed by atoms with van der Waals surface area (Å²) < 4.78 is 1.12. The monoisotopic (exact) mass is 348 g/mol. The first-order valence-electron chi connectivity index (χ1n) is 7.67. The fraction of sp³-hybridized carbons (Fsp3) is 0. The molecule has 0 aliphatic heterocycles. The van der Waals surface area contributed by atoms with Gasteiger partial charge < -0.3 is 10.4 Å². The molecule has 0 fully saturated rings. The van der Waals surface area contributed by atoms with Gasteiger partial charge in [-0.15, -0.1) is 0 Å². The van der Waals surface area contributed by atoms with Crippen molar-refractivity contribution in [1.82, 2.24) is 14.8 Å². The highest BCUT2D eigenvalue weighted by Gasteiger charge is 2.17. The fourth-order valence-corrected chi connectivity index (χ4v) is 2.80. The van der Waals surface area contributed by atoms with Gasteiger partial charge in [-0.1, -0.05) is 12.1 Å². The van der Waals surface area contributed by atoms with Gasteiger partial charge in [0.25, 0.3) is 0 Å². The lowest BCUT2D eigenvalue weighted by Crippen LogP contribution is -2.25. The summed E-state index contributed by atoms with van der Waals surface area (Å²) in [7, 11) is 0. The SMILES string of the molecule is O=C(O)c1cn(C(=O)Nc2ccc3cn[nH]c3c2)c2ccccc2c1=O. The second-order valence-corrected chi connectivity index (χ2v) is 5.67. The van der Waals surface area contributed by atoms with Gasteiger partial charge in [0.1, 0.15) is 5.56 Å². The fourth-order valence-electron chi connectivity index (χ4n) is 2.80. The number of carboxylic acid groups (broad SMARTS) is 1. The Balaban J connectivity index is 1.82. The summed E-state index contributed by atoms with van der Waals surface area (Å²) in [5.41, 5.74) is 0.478. The van der Waals surface area contributed by atoms with Crippen LogP contribution in [0.25, 0.3) is 21.8 Å². The van der Waals surface area contributed by atoms with Crippen LogP contribution in [0.3, 0.4) is 0 Å². The maximum absolute atomic E-state index is 12.7. The Morgan fingerprint density at radius 1 is 1.15 bits per heavy atom. The molecule has 0 radical (unpaired) electrons. The van der Waals surface area contributed by atoms with Crippen molar-refractivity contribution in [1.29, 1.82) is 0 Å². The molecule has 0 spiro atoms. The van der Waals surface area contributed by atoms with Crippen molar-refractivity contribution < 1.29 is 14.7 Å². The standard InChI is InChI=1S/C18H12N4O4/c23-16-12-3-1-2-4-15(12)22(9-13(16)17(24)25)18(26)20-11-6-5-10-8-19-21-14(10)7-11/h1-9H,(H,19,21)(H,20,26)(H,24,25). The molecule has 2 heterocycles. The predicted molar refractivity (Wildman–Crippen MR) is 95.7 cm³/mol. The van der Waals surface area contributed by atoms with Crippen LogP contribution in [-0.2, 0) is 0 Å². The third kappa shape index (κ3) is 2.49. The summed E-state index contributed by atoms with van der Waals surface area (Å²) in [6, 6.07) is 11.0. The van der Waals surface area contributed by atoms with E-state index in [2.05, 4.69) is 15.5 Å². The first kappa shape index (κ1) is 15.6. The smallest absolute Gasteiger partial charge is 0.341 e. The van der Waals surface area contributed by atoms with E-state index < -0.39 is 23.0 Å². The highest BCUT2D eigenvalue weighted by Crippen LogP contribution is 2.18. The van der Waals surface area contributed by atoms with Crippen molar-refractivity contribution >= 4 is 39.5 Å². The van der Waals surface area contributed by atoms with E-state index in [1.807, 2.05) is 0 Å². The van der Waals surface area contributed by atoms with E-state index >= 15 is 0 Å². The summed E-state index contributed by atoms with van der Waals surface area (Å²) in [4.78, 5) is 36.4. The minimum atomic E-state index is -1.39. The third-order valence-electron chi connectivity index (χ3n) is 4.05. The number of aromatic carboxylic acids is 1. The Morgan fingerprint density at radius 3 is 2.77 bits per heavy atom. The van der Waals surface area contributed by atoms with Crippen molar-refractivity contribution in [2.75, 3.05) is 5.32 Å². The van der Waals surface area contributed by atoms with Crippen LogP contribution in [0.5, 0.6) is 0 Å². The maximum Gasteiger partial charge on any atom is 0.341 e. The summed E-state index contributed by atoms with van der Waals surface area (Å²) in [6.45, 7) is 0. The van der Waals surface area contributed by atoms with Crippen LogP contribution in [0.15, 0.2) is 59.7 Å². The molecule has 4 rings (SSSR count). The average molecular weight is 348 g/mol. The van der Waals surface area contributed by atoms with Crippen LogP contribution >= 0.6 is 0 Å². The Bertz CT molecular complexity index is 1240. The Morgan fingerprint density at radius 2 is 1.96 bits per heavy atom. The number of fused-ring (bicyclic) bond motifs is 2. The molecule has 8 nitrogen and oxygen atoms in total. The number of carboxylic acids is 1. The Kier molecular flexibility index (Phi) is 3.51. The first-order valence-corrected chi connectivity index (χ1v) is 7.67. The van der Waals surface area contributed by atoms with E-state index in [1.165, 1.54) is 6.07 Å². The van der Waals surface area contributed by atoms with Gasteiger partial charge in [-0.05, 0) is 30.3 Å². The van der Waals surface area contributed by atoms with Gasteiger partial charge in [0.15, 0.2) is 0 Å². The van der Waals surface area contributed by atoms with Gasteiger partial charge in [0.05, 0.1) is 17.2 Å². The number of nitrogens with zero attached hydrogens (tertiary/aromatic N) is 2. The number of hydrogen-bond acceptors (Lipinski definition) is 4. The number of pyridine rings is 1. The molecule has 0 saturated carbocycles. The zero-order valence-corrected chi connectivity index (χ0v) is 13.3. The minimum absolute atomic E-state index is 0.159. The number of benzene rings is 2. The molecule has 0 saturated heterocycles. The second kappa shape index (κ2) is 5.85. The first-order chi connectivity index (χ1) is 12.5. The summed E-state index contributed by atoms with van der Waals surface area (Å²) in [6.07, 6.45) is 2.70. The minimum Gasteiger partial charge on any atom is -0.477 e. The van der Waals surface area contributed by atoms with Crippen LogP contribution in [-0.4, -0.2) is 31.9 Å². The van der Waals surface area contributed by atoms with E-state index in [0.29, 0.717) is 11.2 Å². The number of carbonyl (C=O) groups is 2. The van der Waals surface area contributed by atoms with Crippen molar-refractivity contribution in [2.45, 2.75) is 0 Å². The third-order valence-corrected chi connectivity index (χ3v) is 4.05. The van der Waals surface area contributed by atoms with Crippen molar-refractivity contribution in [2.24, 2.45) is 0 Å². The molecule has 0 aliphatic carbocycles. The number of aromatic nitrogens is 3. The highest BCUT2D eigenvalue weighted by atomic mass is 16.4. The molecule has 0 atom stereocenters. The lowest BCUT2D eigenvalue weighted by Gasteiger charge is -2.12. The summed E-state index contributed by atoms with van der Waals surface area (Å²) in [5.74, 6) is -1.39. The number of H-pyrrole nitrogens is 1. The summed E-state index contributed by atoms with van der Waals surface area (Å²) >= 11 is 0. The number of anilines is 1. The van der Waals surface area contributed by atoms with E-state index in [0.717, 1.165) is 21.7 Å². The predicted octanol–water partition coefficient (Wildman–Crippen LogP) is 2.66. The van der Waals surface area contributed by atoms with Crippen molar-refractivity contribution in [3.63, 3.8) is 0 Å².